The molecule has 7 heteroatoms. The van der Waals surface area contributed by atoms with E-state index in [0.717, 1.165) is 25.7 Å². The van der Waals surface area contributed by atoms with Crippen LogP contribution in [0.5, 0.6) is 0 Å². The minimum atomic E-state index is -1.62. The molecule has 174 valence electrons. The first-order chi connectivity index (χ1) is 16.5. The lowest BCUT2D eigenvalue weighted by molar-refractivity contribution is 0.0761. The number of amides is 2. The number of likely N-dealkylation sites (tertiary alicyclic amines) is 1. The van der Waals surface area contributed by atoms with Crippen LogP contribution in [-0.2, 0) is 17.3 Å². The molecule has 0 radical (unpaired) electrons. The molecule has 0 aromatic heterocycles. The number of halogens is 1. The number of hydrogen-bond acceptors (Lipinski definition) is 3. The van der Waals surface area contributed by atoms with Crippen molar-refractivity contribution in [3.05, 3.63) is 89.2 Å². The fraction of sp³-hybridized carbons (Fsp3) is 0.259. The van der Waals surface area contributed by atoms with E-state index in [2.05, 4.69) is 0 Å². The molecule has 0 N–H and O–H groups in total. The maximum absolute atomic E-state index is 14.6. The van der Waals surface area contributed by atoms with Gasteiger partial charge in [0.1, 0.15) is 5.82 Å². The van der Waals surface area contributed by atoms with Gasteiger partial charge in [0.05, 0.1) is 38.4 Å². The van der Waals surface area contributed by atoms with Crippen molar-refractivity contribution in [2.75, 3.05) is 18.0 Å². The fourth-order valence-electron chi connectivity index (χ4n) is 4.61. The molecule has 1 atom stereocenters. The summed E-state index contributed by atoms with van der Waals surface area (Å²) in [6.07, 6.45) is 4.15. The molecule has 0 spiro atoms. The van der Waals surface area contributed by atoms with Crippen LogP contribution in [0.25, 0.3) is 0 Å². The number of nitrogens with zero attached hydrogens (tertiary/aromatic N) is 2. The zero-order valence-electron chi connectivity index (χ0n) is 18.7. The van der Waals surface area contributed by atoms with E-state index >= 15 is 0 Å². The Bertz CT molecular complexity index is 1280. The molecule has 3 aromatic carbocycles. The number of carbonyl (C=O) groups excluding carboxylic acids is 2. The Morgan fingerprint density at radius 3 is 2.35 bits per heavy atom. The van der Waals surface area contributed by atoms with Gasteiger partial charge in [0, 0.05) is 24.2 Å². The van der Waals surface area contributed by atoms with Gasteiger partial charge in [-0.25, -0.2) is 8.60 Å². The summed E-state index contributed by atoms with van der Waals surface area (Å²) in [5.74, 6) is -0.895. The van der Waals surface area contributed by atoms with Gasteiger partial charge in [0.2, 0.25) is 0 Å². The van der Waals surface area contributed by atoms with Gasteiger partial charge < -0.3 is 9.80 Å². The smallest absolute Gasteiger partial charge is 0.259 e. The lowest BCUT2D eigenvalue weighted by Gasteiger charge is -2.25. The molecule has 5 nitrogen and oxygen atoms in total. The van der Waals surface area contributed by atoms with E-state index in [1.54, 1.807) is 60.7 Å². The number of benzene rings is 3. The van der Waals surface area contributed by atoms with Crippen LogP contribution in [0.3, 0.4) is 0 Å². The quantitative estimate of drug-likeness (QED) is 0.524. The molecule has 0 saturated carbocycles. The second kappa shape index (κ2) is 9.50. The summed E-state index contributed by atoms with van der Waals surface area (Å²) in [6, 6.07) is 18.1. The summed E-state index contributed by atoms with van der Waals surface area (Å²) in [4.78, 5) is 31.1. The van der Waals surface area contributed by atoms with Crippen LogP contribution in [0.4, 0.5) is 10.1 Å². The zero-order valence-corrected chi connectivity index (χ0v) is 19.5. The van der Waals surface area contributed by atoms with E-state index in [9.17, 15) is 18.2 Å². The Hall–Kier alpha value is -3.32. The molecule has 1 fully saturated rings. The molecule has 5 rings (SSSR count). The molecule has 0 unspecified atom stereocenters. The largest absolute Gasteiger partial charge is 0.339 e. The Morgan fingerprint density at radius 1 is 0.882 bits per heavy atom. The number of anilines is 1. The highest BCUT2D eigenvalue weighted by atomic mass is 32.2. The van der Waals surface area contributed by atoms with E-state index in [0.29, 0.717) is 45.3 Å². The molecular formula is C27H25FN2O3S. The average molecular weight is 477 g/mol. The lowest BCUT2D eigenvalue weighted by atomic mass is 10.1. The van der Waals surface area contributed by atoms with Crippen molar-refractivity contribution in [3.63, 3.8) is 0 Å². The van der Waals surface area contributed by atoms with E-state index in [-0.39, 0.29) is 18.4 Å². The molecule has 1 saturated heterocycles. The first-order valence-electron chi connectivity index (χ1n) is 11.5. The van der Waals surface area contributed by atoms with Crippen molar-refractivity contribution in [2.24, 2.45) is 0 Å². The second-order valence-electron chi connectivity index (χ2n) is 8.64. The minimum absolute atomic E-state index is 0.0363. The van der Waals surface area contributed by atoms with Crippen molar-refractivity contribution in [1.29, 1.82) is 0 Å². The predicted octanol–water partition coefficient (Wildman–Crippen LogP) is 5.17. The fourth-order valence-corrected chi connectivity index (χ4v) is 5.95. The average Bonchev–Trinajstić information content (AvgIpc) is 3.19. The van der Waals surface area contributed by atoms with Crippen LogP contribution >= 0.6 is 0 Å². The maximum atomic E-state index is 14.6. The number of carbonyl (C=O) groups is 2. The standard InChI is InChI=1S/C27H25FN2O3S/c28-22-11-5-3-9-20(22)18-30-23-17-19(26(31)29-15-7-1-2-8-16-29)13-14-25(23)34(33)24-12-6-4-10-21(24)27(30)32/h3-6,9-14,17H,1-2,7-8,15-16,18H2/t34-/m0/s1. The normalized spacial score (nSPS) is 18.0. The SMILES string of the molecule is O=C(c1ccc2c(c1)N(Cc1ccccc1F)C(=O)c1ccccc1[S@@]2=O)N1CCCCCC1. The van der Waals surface area contributed by atoms with Gasteiger partial charge in [-0.3, -0.25) is 9.59 Å². The highest BCUT2D eigenvalue weighted by molar-refractivity contribution is 7.85. The molecule has 34 heavy (non-hydrogen) atoms. The van der Waals surface area contributed by atoms with Crippen molar-refractivity contribution < 1.29 is 18.2 Å². The Kier molecular flexibility index (Phi) is 6.28. The Labute approximate surface area is 200 Å². The van der Waals surface area contributed by atoms with Crippen LogP contribution in [0, 0.1) is 5.82 Å². The topological polar surface area (TPSA) is 57.7 Å². The molecule has 0 aliphatic carbocycles. The molecule has 3 aromatic rings. The van der Waals surface area contributed by atoms with Crippen molar-refractivity contribution in [1.82, 2.24) is 4.90 Å². The maximum Gasteiger partial charge on any atom is 0.259 e. The van der Waals surface area contributed by atoms with Gasteiger partial charge in [0.15, 0.2) is 0 Å². The Morgan fingerprint density at radius 2 is 1.59 bits per heavy atom. The third-order valence-corrected chi connectivity index (χ3v) is 7.94. The minimum Gasteiger partial charge on any atom is -0.339 e. The van der Waals surface area contributed by atoms with Crippen LogP contribution in [0.1, 0.15) is 52.0 Å². The summed E-state index contributed by atoms with van der Waals surface area (Å²) in [6.45, 7) is 1.36. The predicted molar refractivity (Wildman–Crippen MR) is 129 cm³/mol. The number of rotatable bonds is 3. The zero-order chi connectivity index (χ0) is 23.7. The molecule has 0 bridgehead atoms. The van der Waals surface area contributed by atoms with Gasteiger partial charge in [-0.05, 0) is 49.2 Å². The lowest BCUT2D eigenvalue weighted by Crippen LogP contribution is -2.33. The molecular weight excluding hydrogens is 451 g/mol. The molecule has 2 aliphatic rings. The van der Waals surface area contributed by atoms with Crippen molar-refractivity contribution in [2.45, 2.75) is 42.0 Å². The summed E-state index contributed by atoms with van der Waals surface area (Å²) in [5.41, 5.74) is 1.48. The summed E-state index contributed by atoms with van der Waals surface area (Å²) in [7, 11) is -1.62. The first-order valence-corrected chi connectivity index (χ1v) is 12.7. The van der Waals surface area contributed by atoms with Crippen molar-refractivity contribution in [3.8, 4) is 0 Å². The first kappa shape index (κ1) is 22.5. The van der Waals surface area contributed by atoms with Gasteiger partial charge in [-0.15, -0.1) is 0 Å². The van der Waals surface area contributed by atoms with Gasteiger partial charge in [-0.2, -0.15) is 0 Å². The molecule has 2 amide bonds. The third kappa shape index (κ3) is 4.16. The molecule has 2 aliphatic heterocycles. The van der Waals surface area contributed by atoms with E-state index in [4.69, 9.17) is 0 Å². The molecule has 2 heterocycles. The Balaban J connectivity index is 1.62. The van der Waals surface area contributed by atoms with Gasteiger partial charge >= 0.3 is 0 Å². The third-order valence-electron chi connectivity index (χ3n) is 6.44. The summed E-state index contributed by atoms with van der Waals surface area (Å²) >= 11 is 0. The van der Waals surface area contributed by atoms with Crippen LogP contribution in [0.15, 0.2) is 76.5 Å². The van der Waals surface area contributed by atoms with Crippen LogP contribution in [0.2, 0.25) is 0 Å². The highest BCUT2D eigenvalue weighted by Crippen LogP contribution is 2.36. The summed E-state index contributed by atoms with van der Waals surface area (Å²) < 4.78 is 28.1. The van der Waals surface area contributed by atoms with Crippen LogP contribution in [-0.4, -0.2) is 34.0 Å². The van der Waals surface area contributed by atoms with Gasteiger partial charge in [-0.1, -0.05) is 43.2 Å². The number of hydrogen-bond donors (Lipinski definition) is 0. The summed E-state index contributed by atoms with van der Waals surface area (Å²) in [5, 5.41) is 0. The van der Waals surface area contributed by atoms with Crippen molar-refractivity contribution >= 4 is 28.3 Å². The van der Waals surface area contributed by atoms with E-state index in [1.807, 2.05) is 4.90 Å². The van der Waals surface area contributed by atoms with E-state index in [1.165, 1.54) is 11.0 Å². The second-order valence-corrected chi connectivity index (χ2v) is 10.1. The highest BCUT2D eigenvalue weighted by Gasteiger charge is 2.32. The van der Waals surface area contributed by atoms with Gasteiger partial charge in [0.25, 0.3) is 11.8 Å². The van der Waals surface area contributed by atoms with Crippen LogP contribution < -0.4 is 4.90 Å². The monoisotopic (exact) mass is 476 g/mol. The van der Waals surface area contributed by atoms with E-state index < -0.39 is 16.6 Å². The number of fused-ring (bicyclic) bond motifs is 2.